The van der Waals surface area contributed by atoms with Gasteiger partial charge in [-0.25, -0.2) is 0 Å². The van der Waals surface area contributed by atoms with Crippen LogP contribution in [0.3, 0.4) is 0 Å². The Balaban J connectivity index is 2.22. The lowest BCUT2D eigenvalue weighted by atomic mass is 9.84. The quantitative estimate of drug-likeness (QED) is 0.767. The molecule has 1 fully saturated rings. The molecule has 2 nitrogen and oxygen atoms in total. The molecule has 17 heavy (non-hydrogen) atoms. The standard InChI is InChI=1S/C15H32N2/c1-6-13-7-9-14(10-8-13)16-11-15(2,3)12-17(4)5/h13-14,16H,6-12H2,1-5H3. The topological polar surface area (TPSA) is 15.3 Å². The Morgan fingerprint density at radius 1 is 1.12 bits per heavy atom. The van der Waals surface area contributed by atoms with Crippen LogP contribution in [-0.4, -0.2) is 38.1 Å². The Bertz CT molecular complexity index is 203. The maximum atomic E-state index is 3.79. The van der Waals surface area contributed by atoms with Crippen LogP contribution in [0.15, 0.2) is 0 Å². The van der Waals surface area contributed by atoms with Gasteiger partial charge in [0.25, 0.3) is 0 Å². The number of hydrogen-bond donors (Lipinski definition) is 1. The molecule has 2 heteroatoms. The highest BCUT2D eigenvalue weighted by molar-refractivity contribution is 4.81. The molecule has 1 N–H and O–H groups in total. The summed E-state index contributed by atoms with van der Waals surface area (Å²) in [5.41, 5.74) is 0.380. The molecule has 102 valence electrons. The summed E-state index contributed by atoms with van der Waals surface area (Å²) in [6.07, 6.45) is 7.01. The number of rotatable bonds is 6. The highest BCUT2D eigenvalue weighted by atomic mass is 15.1. The first kappa shape index (κ1) is 15.0. The van der Waals surface area contributed by atoms with E-state index < -0.39 is 0 Å². The Hall–Kier alpha value is -0.0800. The van der Waals surface area contributed by atoms with E-state index in [0.29, 0.717) is 5.41 Å². The molecular weight excluding hydrogens is 208 g/mol. The van der Waals surface area contributed by atoms with Gasteiger partial charge in [-0.2, -0.15) is 0 Å². The minimum absolute atomic E-state index is 0.380. The molecule has 0 amide bonds. The second-order valence-electron chi connectivity index (χ2n) is 6.91. The van der Waals surface area contributed by atoms with E-state index in [9.17, 15) is 0 Å². The van der Waals surface area contributed by atoms with Crippen LogP contribution in [-0.2, 0) is 0 Å². The van der Waals surface area contributed by atoms with E-state index >= 15 is 0 Å². The Morgan fingerprint density at radius 3 is 2.18 bits per heavy atom. The first-order valence-corrected chi connectivity index (χ1v) is 7.31. The zero-order chi connectivity index (χ0) is 12.9. The summed E-state index contributed by atoms with van der Waals surface area (Å²) in [6.45, 7) is 9.35. The lowest BCUT2D eigenvalue weighted by Gasteiger charge is -2.33. The summed E-state index contributed by atoms with van der Waals surface area (Å²) >= 11 is 0. The van der Waals surface area contributed by atoms with E-state index in [2.05, 4.69) is 45.1 Å². The number of hydrogen-bond acceptors (Lipinski definition) is 2. The van der Waals surface area contributed by atoms with Crippen LogP contribution < -0.4 is 5.32 Å². The molecule has 0 radical (unpaired) electrons. The third-order valence-electron chi connectivity index (χ3n) is 4.04. The highest BCUT2D eigenvalue weighted by Gasteiger charge is 2.23. The van der Waals surface area contributed by atoms with Gasteiger partial charge in [0.2, 0.25) is 0 Å². The van der Waals surface area contributed by atoms with Gasteiger partial charge in [-0.05, 0) is 51.1 Å². The molecule has 0 aromatic carbocycles. The van der Waals surface area contributed by atoms with Crippen molar-refractivity contribution in [1.82, 2.24) is 10.2 Å². The molecule has 0 aliphatic heterocycles. The molecule has 0 spiro atoms. The normalized spacial score (nSPS) is 26.5. The van der Waals surface area contributed by atoms with E-state index in [1.54, 1.807) is 0 Å². The van der Waals surface area contributed by atoms with Crippen molar-refractivity contribution in [3.63, 3.8) is 0 Å². The molecule has 0 unspecified atom stereocenters. The monoisotopic (exact) mass is 240 g/mol. The predicted octanol–water partition coefficient (Wildman–Crippen LogP) is 3.13. The Labute approximate surface area is 108 Å². The van der Waals surface area contributed by atoms with E-state index in [-0.39, 0.29) is 0 Å². The second-order valence-corrected chi connectivity index (χ2v) is 6.91. The predicted molar refractivity (Wildman–Crippen MR) is 76.4 cm³/mol. The Kier molecular flexibility index (Phi) is 5.94. The van der Waals surface area contributed by atoms with Crippen molar-refractivity contribution in [3.05, 3.63) is 0 Å². The van der Waals surface area contributed by atoms with E-state index in [1.165, 1.54) is 32.1 Å². The summed E-state index contributed by atoms with van der Waals surface area (Å²) in [5, 5.41) is 3.79. The number of nitrogens with one attached hydrogen (secondary N) is 1. The molecule has 0 atom stereocenters. The molecule has 0 aromatic rings. The van der Waals surface area contributed by atoms with Crippen LogP contribution in [0.2, 0.25) is 0 Å². The van der Waals surface area contributed by atoms with Gasteiger partial charge in [-0.1, -0.05) is 27.2 Å². The third-order valence-corrected chi connectivity index (χ3v) is 4.04. The maximum absolute atomic E-state index is 3.79. The van der Waals surface area contributed by atoms with Crippen LogP contribution >= 0.6 is 0 Å². The van der Waals surface area contributed by atoms with Gasteiger partial charge in [0, 0.05) is 19.1 Å². The molecular formula is C15H32N2. The van der Waals surface area contributed by atoms with E-state index in [4.69, 9.17) is 0 Å². The zero-order valence-corrected chi connectivity index (χ0v) is 12.6. The van der Waals surface area contributed by atoms with Gasteiger partial charge in [0.15, 0.2) is 0 Å². The molecule has 0 bridgehead atoms. The molecule has 0 aromatic heterocycles. The smallest absolute Gasteiger partial charge is 0.00675 e. The van der Waals surface area contributed by atoms with Gasteiger partial charge < -0.3 is 10.2 Å². The average Bonchev–Trinajstić information content (AvgIpc) is 2.25. The van der Waals surface area contributed by atoms with Gasteiger partial charge >= 0.3 is 0 Å². The van der Waals surface area contributed by atoms with Crippen LogP contribution in [0.25, 0.3) is 0 Å². The fourth-order valence-corrected chi connectivity index (χ4v) is 3.11. The molecule has 1 rings (SSSR count). The van der Waals surface area contributed by atoms with Crippen LogP contribution in [0, 0.1) is 11.3 Å². The SMILES string of the molecule is CCC1CCC(NCC(C)(C)CN(C)C)CC1. The summed E-state index contributed by atoms with van der Waals surface area (Å²) < 4.78 is 0. The minimum Gasteiger partial charge on any atom is -0.313 e. The summed E-state index contributed by atoms with van der Waals surface area (Å²) in [6, 6.07) is 0.777. The molecule has 1 aliphatic rings. The van der Waals surface area contributed by atoms with Crippen molar-refractivity contribution < 1.29 is 0 Å². The van der Waals surface area contributed by atoms with Crippen LogP contribution in [0.5, 0.6) is 0 Å². The van der Waals surface area contributed by atoms with Gasteiger partial charge in [0.05, 0.1) is 0 Å². The second kappa shape index (κ2) is 6.75. The fourth-order valence-electron chi connectivity index (χ4n) is 3.11. The van der Waals surface area contributed by atoms with Crippen LogP contribution in [0.1, 0.15) is 52.9 Å². The third kappa shape index (κ3) is 5.87. The van der Waals surface area contributed by atoms with E-state index in [0.717, 1.165) is 25.0 Å². The first-order valence-electron chi connectivity index (χ1n) is 7.31. The number of nitrogens with zero attached hydrogens (tertiary/aromatic N) is 1. The average molecular weight is 240 g/mol. The van der Waals surface area contributed by atoms with Crippen molar-refractivity contribution >= 4 is 0 Å². The van der Waals surface area contributed by atoms with Gasteiger partial charge in [0.1, 0.15) is 0 Å². The zero-order valence-electron chi connectivity index (χ0n) is 12.6. The van der Waals surface area contributed by atoms with Gasteiger partial charge in [-0.3, -0.25) is 0 Å². The maximum Gasteiger partial charge on any atom is 0.00675 e. The molecule has 0 saturated heterocycles. The highest BCUT2D eigenvalue weighted by Crippen LogP contribution is 2.27. The lowest BCUT2D eigenvalue weighted by molar-refractivity contribution is 0.207. The summed E-state index contributed by atoms with van der Waals surface area (Å²) in [7, 11) is 4.32. The largest absolute Gasteiger partial charge is 0.313 e. The molecule has 1 aliphatic carbocycles. The fraction of sp³-hybridized carbons (Fsp3) is 1.00. The van der Waals surface area contributed by atoms with Crippen LogP contribution in [0.4, 0.5) is 0 Å². The lowest BCUT2D eigenvalue weighted by Crippen LogP contribution is -2.42. The molecule has 1 saturated carbocycles. The van der Waals surface area contributed by atoms with Crippen molar-refractivity contribution in [2.75, 3.05) is 27.2 Å². The van der Waals surface area contributed by atoms with Crippen molar-refractivity contribution in [2.24, 2.45) is 11.3 Å². The van der Waals surface area contributed by atoms with E-state index in [1.807, 2.05) is 0 Å². The molecule has 0 heterocycles. The minimum atomic E-state index is 0.380. The van der Waals surface area contributed by atoms with Crippen molar-refractivity contribution in [1.29, 1.82) is 0 Å². The van der Waals surface area contributed by atoms with Gasteiger partial charge in [-0.15, -0.1) is 0 Å². The Morgan fingerprint density at radius 2 is 1.71 bits per heavy atom. The van der Waals surface area contributed by atoms with Crippen molar-refractivity contribution in [3.8, 4) is 0 Å². The summed E-state index contributed by atoms with van der Waals surface area (Å²) in [5.74, 6) is 1.00. The van der Waals surface area contributed by atoms with Crippen molar-refractivity contribution in [2.45, 2.75) is 58.9 Å². The first-order chi connectivity index (χ1) is 7.93. The summed E-state index contributed by atoms with van der Waals surface area (Å²) in [4.78, 5) is 2.29.